The van der Waals surface area contributed by atoms with Crippen molar-refractivity contribution in [1.29, 1.82) is 0 Å². The van der Waals surface area contributed by atoms with Crippen LogP contribution in [0.3, 0.4) is 0 Å². The topological polar surface area (TPSA) is 431 Å². The van der Waals surface area contributed by atoms with Gasteiger partial charge in [-0.2, -0.15) is 13.5 Å². The molecule has 0 spiro atoms. The minimum absolute atomic E-state index is 0. The van der Waals surface area contributed by atoms with E-state index in [2.05, 4.69) is 35.9 Å². The second-order valence-electron chi connectivity index (χ2n) is 33.1. The van der Waals surface area contributed by atoms with Crippen LogP contribution in [0.4, 0.5) is 41.2 Å². The second-order valence-corrected chi connectivity index (χ2v) is 35.1. The summed E-state index contributed by atoms with van der Waals surface area (Å²) in [4.78, 5) is 88.5. The Morgan fingerprint density at radius 2 is 0.896 bits per heavy atom. The first-order valence-corrected chi connectivity index (χ1v) is 45.9. The van der Waals surface area contributed by atoms with E-state index in [-0.39, 0.29) is 104 Å². The summed E-state index contributed by atoms with van der Waals surface area (Å²) >= 11 is 0. The third-order valence-electron chi connectivity index (χ3n) is 24.5. The third kappa shape index (κ3) is 24.7. The number of nitrogens with one attached hydrogen (secondary N) is 3. The minimum Gasteiger partial charge on any atom is -0.453 e. The number of halogens is 3. The summed E-state index contributed by atoms with van der Waals surface area (Å²) in [5, 5.41) is 37.1. The predicted octanol–water partition coefficient (Wildman–Crippen LogP) is 13.9. The number of aliphatic hydroxyl groups excluding tert-OH is 3. The molecule has 5 fully saturated rings. The average molecular weight is 1880 g/mol. The molecule has 2 unspecified atom stereocenters. The number of pyridine rings is 3. The molecule has 0 saturated carbocycles. The molecule has 29 nitrogen and oxygen atoms in total. The number of benzene rings is 8. The molecule has 34 heteroatoms. The van der Waals surface area contributed by atoms with Crippen molar-refractivity contribution in [2.24, 2.45) is 0 Å². The summed E-state index contributed by atoms with van der Waals surface area (Å²) in [5.41, 5.74) is 36.0. The number of anilines is 4. The highest BCUT2D eigenvalue weighted by Crippen LogP contribution is 2.40. The molecule has 6 atom stereocenters. The fraction of sp³-hybridized carbons (Fsp3) is 0.287. The summed E-state index contributed by atoms with van der Waals surface area (Å²) < 4.78 is 91.5. The van der Waals surface area contributed by atoms with Crippen LogP contribution in [-0.4, -0.2) is 192 Å². The van der Waals surface area contributed by atoms with E-state index in [9.17, 15) is 47.7 Å². The Morgan fingerprint density at radius 3 is 1.37 bits per heavy atom. The zero-order chi connectivity index (χ0) is 94.5. The van der Waals surface area contributed by atoms with Crippen LogP contribution in [0.25, 0.3) is 44.6 Å². The molecule has 5 aliphatic heterocycles. The second kappa shape index (κ2) is 46.4. The van der Waals surface area contributed by atoms with Crippen molar-refractivity contribution in [3.8, 4) is 44.6 Å². The Morgan fingerprint density at radius 1 is 0.459 bits per heavy atom. The fourth-order valence-electron chi connectivity index (χ4n) is 16.9. The Kier molecular flexibility index (Phi) is 34.0. The Bertz CT molecular complexity index is 6230. The van der Waals surface area contributed by atoms with E-state index >= 15 is 13.2 Å². The lowest BCUT2D eigenvalue weighted by Gasteiger charge is -2.23. The number of hydrogen-bond donors (Lipinski definition) is 10. The highest BCUT2D eigenvalue weighted by atomic mass is 32.2. The monoisotopic (exact) mass is 1880 g/mol. The summed E-state index contributed by atoms with van der Waals surface area (Å²) in [7, 11) is -1.93. The molecular weight excluding hydrogens is 1770 g/mol. The van der Waals surface area contributed by atoms with E-state index in [4.69, 9.17) is 46.9 Å². The predicted molar refractivity (Wildman–Crippen MR) is 512 cm³/mol. The van der Waals surface area contributed by atoms with Crippen LogP contribution in [0.1, 0.15) is 172 Å². The van der Waals surface area contributed by atoms with Crippen LogP contribution in [0.2, 0.25) is 0 Å². The molecule has 9 heterocycles. The van der Waals surface area contributed by atoms with Gasteiger partial charge in [-0.1, -0.05) is 152 Å². The largest absolute Gasteiger partial charge is 0.453 e. The molecule has 8 aromatic carbocycles. The molecule has 14 N–H and O–H groups in total. The number of aromatic nitrogens is 5. The highest BCUT2D eigenvalue weighted by Gasteiger charge is 2.35. The lowest BCUT2D eigenvalue weighted by atomic mass is 9.91. The number of nitrogens with two attached hydrogens (primary N) is 4. The molecule has 0 radical (unpaired) electrons. The minimum atomic E-state index is -3.28. The van der Waals surface area contributed by atoms with Gasteiger partial charge in [-0.05, 0) is 161 Å². The van der Waals surface area contributed by atoms with E-state index in [0.717, 1.165) is 84.4 Å². The molecular formula is C101H108F3N15O14S2. The van der Waals surface area contributed by atoms with E-state index < -0.39 is 63.3 Å². The first-order valence-electron chi connectivity index (χ1n) is 44.0. The number of aliphatic hydroxyl groups is 3. The summed E-state index contributed by atoms with van der Waals surface area (Å²) in [6.45, 7) is 4.60. The number of nitrogen functional groups attached to an aromatic ring is 4. The molecule has 5 amide bonds. The van der Waals surface area contributed by atoms with Gasteiger partial charge in [0.05, 0.1) is 87.0 Å². The Hall–Kier alpha value is -13.6. The zero-order valence-electron chi connectivity index (χ0n) is 74.4. The van der Waals surface area contributed by atoms with Crippen molar-refractivity contribution >= 4 is 76.5 Å². The van der Waals surface area contributed by atoms with E-state index in [1.165, 1.54) is 48.0 Å². The van der Waals surface area contributed by atoms with E-state index in [1.807, 2.05) is 109 Å². The van der Waals surface area contributed by atoms with Crippen LogP contribution in [-0.2, 0) is 29.0 Å². The fourth-order valence-corrected chi connectivity index (χ4v) is 17.8. The summed E-state index contributed by atoms with van der Waals surface area (Å²) in [6.07, 6.45) is 12.7. The van der Waals surface area contributed by atoms with Gasteiger partial charge in [-0.15, -0.1) is 0 Å². The summed E-state index contributed by atoms with van der Waals surface area (Å²) in [6, 6.07) is 60.6. The number of sulfonamides is 1. The smallest absolute Gasteiger partial charge is 0.409 e. The number of rotatable bonds is 23. The van der Waals surface area contributed by atoms with Gasteiger partial charge in [0, 0.05) is 128 Å². The number of carbonyl (C=O) groups excluding carboxylic acids is 5. The van der Waals surface area contributed by atoms with Crippen molar-refractivity contribution < 1.29 is 79.8 Å². The average Bonchev–Trinajstić information content (AvgIpc) is 0.819. The molecule has 704 valence electrons. The van der Waals surface area contributed by atoms with Gasteiger partial charge in [-0.25, -0.2) is 55.6 Å². The van der Waals surface area contributed by atoms with E-state index in [0.29, 0.717) is 126 Å². The van der Waals surface area contributed by atoms with Crippen LogP contribution in [0.15, 0.2) is 243 Å². The van der Waals surface area contributed by atoms with Gasteiger partial charge in [-0.3, -0.25) is 19.2 Å². The van der Waals surface area contributed by atoms with Gasteiger partial charge in [0.25, 0.3) is 23.6 Å². The van der Waals surface area contributed by atoms with Crippen molar-refractivity contribution in [3.05, 3.63) is 328 Å². The third-order valence-corrected chi connectivity index (χ3v) is 25.8. The molecule has 0 bridgehead atoms. The van der Waals surface area contributed by atoms with Gasteiger partial charge in [0.2, 0.25) is 10.0 Å². The maximum absolute atomic E-state index is 15.1. The number of carbonyl (C=O) groups is 5. The number of methoxy groups -OCH3 is 1. The van der Waals surface area contributed by atoms with Crippen LogP contribution in [0, 0.1) is 17.5 Å². The van der Waals surface area contributed by atoms with Gasteiger partial charge in [0.1, 0.15) is 53.1 Å². The molecule has 4 aromatic heterocycles. The molecule has 0 aliphatic carbocycles. The lowest BCUT2D eigenvalue weighted by Crippen LogP contribution is -2.31. The van der Waals surface area contributed by atoms with Crippen LogP contribution < -0.4 is 38.9 Å². The van der Waals surface area contributed by atoms with Gasteiger partial charge in [0.15, 0.2) is 0 Å². The first kappa shape index (κ1) is 98.9. The van der Waals surface area contributed by atoms with Gasteiger partial charge < -0.3 is 83.0 Å². The van der Waals surface area contributed by atoms with Crippen molar-refractivity contribution in [3.63, 3.8) is 0 Å². The first-order chi connectivity index (χ1) is 64.8. The number of amides is 5. The standard InChI is InChI=1S/C26H27FN4O4.C25H27FN4O4S.C25H26FN3O3.C25H26N4O3.H2S/c1-35-26(34)31-10-9-18(14-31)19-11-21(24(28)29-13-19)17-7-8-20(22(27)12-17)25(33)30-23(15-32)16-5-3-2-4-6-16;1-35(33,34)30-10-9-18(14-30)19-11-21(24(27)28-13-19)17-7-8-20(22(26)12-17)25(32)29-23(15-31)16-5-3-2-4-6-16;26-22-13-18(25(31)29-23(15-30)17-4-2-1-3-5-17)6-7-20(22)21-12-19(14-28-24(21)27)16-8-10-32-11-9-16;26-24-23(28-21(14-27-24)17-10-12-31-13-11-17)19-6-8-20(9-7-19)25(30)29-16-32-15-22(29)18-4-2-1-3-5-18;/h2-8,11-13,18,23,32H,9-10,14-15H2,1H3,(H2,28,29)(H,30,33);2-8,11-13,18,23,31H,9-10,14-15H2,1H3,(H2,27,28)(H,29,32);1-7,12-14,16,23,30H,8-11,15H2,(H2,27,28)(H,29,31);1-9,14,17,22H,10-13,15-16H2,(H2,26,27);1H2/t2*18?,23-;23-;22-;/m1111./s1. The normalized spacial score (nSPS) is 16.8. The maximum Gasteiger partial charge on any atom is 0.409 e. The summed E-state index contributed by atoms with van der Waals surface area (Å²) in [5.74, 6) is -2.11. The van der Waals surface area contributed by atoms with Crippen molar-refractivity contribution in [2.45, 2.75) is 86.4 Å². The SMILES string of the molecule is COC(=O)N1CCC(c2cnc(N)c(-c3ccc(C(=O)N[C@H](CO)c4ccccc4)c(F)c3)c2)C1.CS(=O)(=O)N1CCC(c2cnc(N)c(-c3ccc(C(=O)N[C@H](CO)c4ccccc4)c(F)c3)c2)C1.Nc1ncc(C2CCOCC2)cc1-c1ccc(C(=O)N[C@H](CO)c2ccccc2)cc1F.Nc1ncc(C2CCOCC2)nc1-c1ccc(C(=O)N2COC[C@@H]2c2ccccc2)cc1.S. The number of nitrogens with zero attached hydrogens (tertiary/aromatic N) is 8. The van der Waals surface area contributed by atoms with Crippen LogP contribution >= 0.6 is 13.5 Å². The highest BCUT2D eigenvalue weighted by molar-refractivity contribution is 7.88. The lowest BCUT2D eigenvalue weighted by molar-refractivity contribution is 0.0658. The van der Waals surface area contributed by atoms with Gasteiger partial charge >= 0.3 is 6.09 Å². The maximum atomic E-state index is 15.1. The van der Waals surface area contributed by atoms with Crippen molar-refractivity contribution in [2.75, 3.05) is 122 Å². The number of ether oxygens (including phenoxy) is 4. The molecule has 12 aromatic rings. The number of likely N-dealkylation sites (tertiary alicyclic amines) is 1. The van der Waals surface area contributed by atoms with E-state index in [1.54, 1.807) is 113 Å². The van der Waals surface area contributed by atoms with Crippen molar-refractivity contribution in [1.82, 2.24) is 55.0 Å². The number of hydrogen-bond acceptors (Lipinski definition) is 23. The Balaban J connectivity index is 0.000000152. The zero-order valence-corrected chi connectivity index (χ0v) is 76.2. The molecule has 17 rings (SSSR count). The Labute approximate surface area is 787 Å². The molecule has 5 saturated heterocycles. The molecule has 5 aliphatic rings. The quantitative estimate of drug-likeness (QED) is 0.0284. The van der Waals surface area contributed by atoms with Crippen LogP contribution in [0.5, 0.6) is 0 Å². The molecule has 135 heavy (non-hydrogen) atoms.